The second kappa shape index (κ2) is 7.62. The average Bonchev–Trinajstić information content (AvgIpc) is 3.03. The van der Waals surface area contributed by atoms with E-state index < -0.39 is 0 Å². The van der Waals surface area contributed by atoms with Crippen LogP contribution in [0.2, 0.25) is 5.02 Å². The molecular formula is C14H16ClN9S. The third-order valence-electron chi connectivity index (χ3n) is 3.08. The van der Waals surface area contributed by atoms with E-state index in [0.717, 1.165) is 5.69 Å². The van der Waals surface area contributed by atoms with Gasteiger partial charge in [-0.25, -0.2) is 4.68 Å². The molecule has 2 aromatic heterocycles. The highest BCUT2D eigenvalue weighted by Gasteiger charge is 2.12. The first-order chi connectivity index (χ1) is 12.0. The van der Waals surface area contributed by atoms with E-state index in [4.69, 9.17) is 17.3 Å². The van der Waals surface area contributed by atoms with Crippen molar-refractivity contribution in [2.24, 2.45) is 0 Å². The summed E-state index contributed by atoms with van der Waals surface area (Å²) in [6.45, 7) is 4.02. The first-order valence-corrected chi connectivity index (χ1v) is 8.81. The molecule has 0 fully saturated rings. The van der Waals surface area contributed by atoms with Crippen LogP contribution in [0, 0.1) is 0 Å². The van der Waals surface area contributed by atoms with Gasteiger partial charge in [0.1, 0.15) is 5.82 Å². The van der Waals surface area contributed by atoms with Gasteiger partial charge in [0.25, 0.3) is 0 Å². The minimum Gasteiger partial charge on any atom is -0.368 e. The van der Waals surface area contributed by atoms with E-state index in [1.165, 1.54) is 11.8 Å². The number of nitrogens with two attached hydrogens (primary N) is 1. The molecule has 0 saturated carbocycles. The van der Waals surface area contributed by atoms with E-state index in [-0.39, 0.29) is 12.0 Å². The van der Waals surface area contributed by atoms with Crippen molar-refractivity contribution in [2.75, 3.05) is 11.1 Å². The highest BCUT2D eigenvalue weighted by molar-refractivity contribution is 7.98. The van der Waals surface area contributed by atoms with Gasteiger partial charge < -0.3 is 11.1 Å². The van der Waals surface area contributed by atoms with Crippen LogP contribution < -0.4 is 11.1 Å². The summed E-state index contributed by atoms with van der Waals surface area (Å²) in [5.74, 6) is 1.52. The second-order valence-corrected chi connectivity index (χ2v) is 6.73. The maximum atomic E-state index is 5.88. The van der Waals surface area contributed by atoms with Gasteiger partial charge in [0.05, 0.1) is 11.8 Å². The van der Waals surface area contributed by atoms with Gasteiger partial charge in [0.2, 0.25) is 17.1 Å². The molecule has 0 amide bonds. The number of aromatic nitrogens is 7. The number of hydrogen-bond donors (Lipinski definition) is 2. The number of nitrogens with zero attached hydrogens (tertiary/aromatic N) is 7. The maximum absolute atomic E-state index is 5.88. The van der Waals surface area contributed by atoms with Crippen LogP contribution >= 0.6 is 23.4 Å². The lowest BCUT2D eigenvalue weighted by Gasteiger charge is -2.08. The molecule has 0 aliphatic rings. The first-order valence-electron chi connectivity index (χ1n) is 7.45. The number of hydrogen-bond acceptors (Lipinski definition) is 9. The molecule has 0 unspecified atom stereocenters. The summed E-state index contributed by atoms with van der Waals surface area (Å²) in [7, 11) is 0. The lowest BCUT2D eigenvalue weighted by Crippen LogP contribution is -2.08. The van der Waals surface area contributed by atoms with E-state index >= 15 is 0 Å². The number of halogens is 1. The minimum atomic E-state index is 0.144. The molecule has 9 nitrogen and oxygen atoms in total. The smallest absolute Gasteiger partial charge is 0.232 e. The van der Waals surface area contributed by atoms with Crippen LogP contribution in [0.1, 0.15) is 25.7 Å². The molecule has 0 atom stereocenters. The van der Waals surface area contributed by atoms with Crippen molar-refractivity contribution < 1.29 is 0 Å². The summed E-state index contributed by atoms with van der Waals surface area (Å²) in [4.78, 5) is 12.6. The summed E-state index contributed by atoms with van der Waals surface area (Å²) in [5, 5.41) is 16.1. The molecule has 11 heteroatoms. The quantitative estimate of drug-likeness (QED) is 0.624. The van der Waals surface area contributed by atoms with Crippen molar-refractivity contribution in [1.82, 2.24) is 35.2 Å². The van der Waals surface area contributed by atoms with Crippen molar-refractivity contribution in [1.29, 1.82) is 0 Å². The van der Waals surface area contributed by atoms with Crippen LogP contribution in [0.3, 0.4) is 0 Å². The number of nitrogen functional groups attached to an aromatic ring is 1. The lowest BCUT2D eigenvalue weighted by molar-refractivity contribution is 0.477. The molecule has 0 aliphatic heterocycles. The van der Waals surface area contributed by atoms with E-state index in [1.54, 1.807) is 16.8 Å². The Bertz CT molecular complexity index is 850. The highest BCUT2D eigenvalue weighted by atomic mass is 35.5. The molecule has 3 aromatic rings. The monoisotopic (exact) mass is 377 g/mol. The van der Waals surface area contributed by atoms with Crippen molar-refractivity contribution in [3.63, 3.8) is 0 Å². The van der Waals surface area contributed by atoms with Gasteiger partial charge in [-0.1, -0.05) is 23.4 Å². The third kappa shape index (κ3) is 4.54. The average molecular weight is 378 g/mol. The zero-order chi connectivity index (χ0) is 17.8. The molecular weight excluding hydrogens is 362 g/mol. The highest BCUT2D eigenvalue weighted by Crippen LogP contribution is 2.22. The minimum absolute atomic E-state index is 0.144. The molecule has 1 aromatic carbocycles. The molecule has 3 rings (SSSR count). The van der Waals surface area contributed by atoms with Crippen LogP contribution in [0.5, 0.6) is 0 Å². The topological polar surface area (TPSA) is 120 Å². The molecule has 130 valence electrons. The Labute approximate surface area is 153 Å². The summed E-state index contributed by atoms with van der Waals surface area (Å²) in [6.07, 6.45) is 0. The van der Waals surface area contributed by atoms with Gasteiger partial charge in [-0.3, -0.25) is 0 Å². The number of thioether (sulfide) groups is 1. The number of nitrogens with one attached hydrogen (secondary N) is 1. The fraction of sp³-hybridized carbons (Fsp3) is 0.286. The molecule has 3 N–H and O–H groups in total. The number of rotatable bonds is 6. The second-order valence-electron chi connectivity index (χ2n) is 5.35. The van der Waals surface area contributed by atoms with Crippen LogP contribution in [-0.4, -0.2) is 35.2 Å². The SMILES string of the molecule is CC(C)n1nnnc1SCc1nc(N)nc(Nc2ccc(Cl)cc2)n1. The van der Waals surface area contributed by atoms with E-state index in [0.29, 0.717) is 27.7 Å². The Kier molecular flexibility index (Phi) is 5.29. The molecule has 0 saturated heterocycles. The van der Waals surface area contributed by atoms with Gasteiger partial charge >= 0.3 is 0 Å². The molecule has 25 heavy (non-hydrogen) atoms. The van der Waals surface area contributed by atoms with Crippen LogP contribution in [0.15, 0.2) is 29.4 Å². The van der Waals surface area contributed by atoms with Crippen LogP contribution in [0.4, 0.5) is 17.6 Å². The molecule has 0 bridgehead atoms. The zero-order valence-electron chi connectivity index (χ0n) is 13.6. The number of tetrazole rings is 1. The zero-order valence-corrected chi connectivity index (χ0v) is 15.2. The van der Waals surface area contributed by atoms with E-state index in [9.17, 15) is 0 Å². The standard InChI is InChI=1S/C14H16ClN9S/c1-8(2)24-14(21-22-23-24)25-7-11-18-12(16)20-13(19-11)17-10-5-3-9(15)4-6-10/h3-6,8H,7H2,1-2H3,(H3,16,17,18,19,20). The van der Waals surface area contributed by atoms with Gasteiger partial charge in [-0.05, 0) is 48.5 Å². The Morgan fingerprint density at radius 3 is 2.68 bits per heavy atom. The van der Waals surface area contributed by atoms with Gasteiger partial charge in [-0.15, -0.1) is 5.10 Å². The Morgan fingerprint density at radius 2 is 1.96 bits per heavy atom. The van der Waals surface area contributed by atoms with E-state index in [1.807, 2.05) is 26.0 Å². The van der Waals surface area contributed by atoms with Gasteiger partial charge in [0, 0.05) is 10.7 Å². The Morgan fingerprint density at radius 1 is 1.20 bits per heavy atom. The molecule has 0 spiro atoms. The largest absolute Gasteiger partial charge is 0.368 e. The number of benzene rings is 1. The maximum Gasteiger partial charge on any atom is 0.232 e. The summed E-state index contributed by atoms with van der Waals surface area (Å²) in [6, 6.07) is 7.37. The van der Waals surface area contributed by atoms with Gasteiger partial charge in [-0.2, -0.15) is 15.0 Å². The molecule has 0 radical (unpaired) electrons. The van der Waals surface area contributed by atoms with Crippen LogP contribution in [0.25, 0.3) is 0 Å². The first kappa shape index (κ1) is 17.4. The lowest BCUT2D eigenvalue weighted by atomic mass is 10.3. The van der Waals surface area contributed by atoms with Crippen LogP contribution in [-0.2, 0) is 5.75 Å². The predicted octanol–water partition coefficient (Wildman–Crippen LogP) is 2.71. The Hall–Kier alpha value is -2.46. The fourth-order valence-corrected chi connectivity index (χ4v) is 2.94. The van der Waals surface area contributed by atoms with Crippen molar-refractivity contribution in [2.45, 2.75) is 30.8 Å². The third-order valence-corrected chi connectivity index (χ3v) is 4.26. The van der Waals surface area contributed by atoms with E-state index in [2.05, 4.69) is 35.8 Å². The molecule has 0 aliphatic carbocycles. The normalized spacial score (nSPS) is 11.0. The Balaban J connectivity index is 1.73. The number of anilines is 3. The molecule has 2 heterocycles. The summed E-state index contributed by atoms with van der Waals surface area (Å²) >= 11 is 7.31. The fourth-order valence-electron chi connectivity index (χ4n) is 1.95. The predicted molar refractivity (Wildman–Crippen MR) is 96.7 cm³/mol. The van der Waals surface area contributed by atoms with Crippen molar-refractivity contribution >= 4 is 40.9 Å². The summed E-state index contributed by atoms with van der Waals surface area (Å²) < 4.78 is 1.74. The summed E-state index contributed by atoms with van der Waals surface area (Å²) in [5.41, 5.74) is 6.59. The van der Waals surface area contributed by atoms with Crippen molar-refractivity contribution in [3.8, 4) is 0 Å². The van der Waals surface area contributed by atoms with Gasteiger partial charge in [0.15, 0.2) is 0 Å². The van der Waals surface area contributed by atoms with Crippen molar-refractivity contribution in [3.05, 3.63) is 35.1 Å².